The van der Waals surface area contributed by atoms with Crippen LogP contribution in [0.3, 0.4) is 0 Å². The van der Waals surface area contributed by atoms with Gasteiger partial charge in [-0.15, -0.1) is 0 Å². The zero-order valence-corrected chi connectivity index (χ0v) is 11.3. The van der Waals surface area contributed by atoms with Gasteiger partial charge in [0.15, 0.2) is 5.79 Å². The molecule has 1 spiro atoms. The first kappa shape index (κ1) is 11.5. The molecule has 1 aromatic carbocycles. The molecule has 1 aliphatic heterocycles. The van der Waals surface area contributed by atoms with Gasteiger partial charge in [-0.1, -0.05) is 12.1 Å². The lowest BCUT2D eigenvalue weighted by Crippen LogP contribution is -2.31. The fraction of sp³-hybridized carbons (Fsp3) is 0.429. The van der Waals surface area contributed by atoms with Crippen LogP contribution in [0.1, 0.15) is 24.8 Å². The minimum absolute atomic E-state index is 0.338. The van der Waals surface area contributed by atoms with Crippen molar-refractivity contribution in [2.24, 2.45) is 0 Å². The standard InChI is InChI=1S/C14H14N2O2S/c1-2-12-13(16-19-15-12)9-11(1)10-3-5-14(6-4-10)17-7-8-18-14/h1-3,9H,4-8H2. The van der Waals surface area contributed by atoms with Crippen LogP contribution in [0.25, 0.3) is 16.6 Å². The Morgan fingerprint density at radius 3 is 2.74 bits per heavy atom. The van der Waals surface area contributed by atoms with Gasteiger partial charge < -0.3 is 9.47 Å². The van der Waals surface area contributed by atoms with Gasteiger partial charge in [-0.05, 0) is 29.7 Å². The predicted molar refractivity (Wildman–Crippen MR) is 73.9 cm³/mol. The summed E-state index contributed by atoms with van der Waals surface area (Å²) >= 11 is 1.26. The highest BCUT2D eigenvalue weighted by atomic mass is 32.1. The van der Waals surface area contributed by atoms with Crippen LogP contribution in [0.4, 0.5) is 0 Å². The monoisotopic (exact) mass is 274 g/mol. The van der Waals surface area contributed by atoms with Gasteiger partial charge in [0.05, 0.1) is 24.9 Å². The van der Waals surface area contributed by atoms with Crippen molar-refractivity contribution in [3.63, 3.8) is 0 Å². The second kappa shape index (κ2) is 4.37. The van der Waals surface area contributed by atoms with E-state index in [1.807, 2.05) is 6.07 Å². The maximum absolute atomic E-state index is 5.74. The summed E-state index contributed by atoms with van der Waals surface area (Å²) in [7, 11) is 0. The van der Waals surface area contributed by atoms with E-state index in [1.165, 1.54) is 22.9 Å². The van der Waals surface area contributed by atoms with E-state index < -0.39 is 0 Å². The Balaban J connectivity index is 1.64. The Morgan fingerprint density at radius 2 is 1.95 bits per heavy atom. The molecule has 1 aromatic heterocycles. The van der Waals surface area contributed by atoms with Crippen molar-refractivity contribution in [2.75, 3.05) is 13.2 Å². The van der Waals surface area contributed by atoms with Crippen LogP contribution < -0.4 is 0 Å². The van der Waals surface area contributed by atoms with Crippen molar-refractivity contribution in [3.8, 4) is 0 Å². The van der Waals surface area contributed by atoms with Crippen LogP contribution >= 0.6 is 11.7 Å². The lowest BCUT2D eigenvalue weighted by Gasteiger charge is -2.30. The summed E-state index contributed by atoms with van der Waals surface area (Å²) in [5.41, 5.74) is 4.56. The lowest BCUT2D eigenvalue weighted by molar-refractivity contribution is -0.159. The van der Waals surface area contributed by atoms with Crippen molar-refractivity contribution in [2.45, 2.75) is 25.0 Å². The summed E-state index contributed by atoms with van der Waals surface area (Å²) in [6.07, 6.45) is 5.01. The quantitative estimate of drug-likeness (QED) is 0.802. The predicted octanol–water partition coefficient (Wildman–Crippen LogP) is 3.00. The summed E-state index contributed by atoms with van der Waals surface area (Å²) in [5.74, 6) is -0.338. The summed E-state index contributed by atoms with van der Waals surface area (Å²) in [6, 6.07) is 6.30. The van der Waals surface area contributed by atoms with Crippen molar-refractivity contribution in [1.29, 1.82) is 0 Å². The molecule has 4 rings (SSSR count). The first-order chi connectivity index (χ1) is 9.35. The number of rotatable bonds is 1. The van der Waals surface area contributed by atoms with E-state index in [2.05, 4.69) is 27.0 Å². The number of benzene rings is 1. The molecule has 1 fully saturated rings. The number of hydrogen-bond acceptors (Lipinski definition) is 5. The van der Waals surface area contributed by atoms with Crippen molar-refractivity contribution >= 4 is 28.3 Å². The smallest absolute Gasteiger partial charge is 0.172 e. The average molecular weight is 274 g/mol. The van der Waals surface area contributed by atoms with E-state index in [9.17, 15) is 0 Å². The number of hydrogen-bond donors (Lipinski definition) is 0. The summed E-state index contributed by atoms with van der Waals surface area (Å²) in [6.45, 7) is 1.44. The van der Waals surface area contributed by atoms with Crippen molar-refractivity contribution in [3.05, 3.63) is 29.8 Å². The Labute approximate surface area is 115 Å². The molecular weight excluding hydrogens is 260 g/mol. The zero-order valence-electron chi connectivity index (χ0n) is 10.5. The van der Waals surface area contributed by atoms with E-state index in [-0.39, 0.29) is 5.79 Å². The van der Waals surface area contributed by atoms with E-state index in [0.717, 1.165) is 43.5 Å². The van der Waals surface area contributed by atoms with Gasteiger partial charge in [0.2, 0.25) is 0 Å². The molecule has 0 bridgehead atoms. The average Bonchev–Trinajstić information content (AvgIpc) is 3.08. The fourth-order valence-corrected chi connectivity index (χ4v) is 3.33. The molecule has 19 heavy (non-hydrogen) atoms. The maximum atomic E-state index is 5.74. The number of aromatic nitrogens is 2. The zero-order chi connectivity index (χ0) is 12.7. The second-order valence-corrected chi connectivity index (χ2v) is 5.54. The van der Waals surface area contributed by atoms with Gasteiger partial charge in [0.25, 0.3) is 0 Å². The van der Waals surface area contributed by atoms with Crippen LogP contribution in [-0.4, -0.2) is 27.7 Å². The molecule has 98 valence electrons. The molecule has 2 heterocycles. The van der Waals surface area contributed by atoms with Gasteiger partial charge in [0.1, 0.15) is 11.0 Å². The molecule has 0 radical (unpaired) electrons. The van der Waals surface area contributed by atoms with Crippen LogP contribution in [0.15, 0.2) is 24.3 Å². The maximum Gasteiger partial charge on any atom is 0.172 e. The molecule has 0 N–H and O–H groups in total. The highest BCUT2D eigenvalue weighted by Gasteiger charge is 2.37. The molecular formula is C14H14N2O2S. The Hall–Kier alpha value is -1.30. The van der Waals surface area contributed by atoms with Gasteiger partial charge >= 0.3 is 0 Å². The molecule has 0 atom stereocenters. The molecule has 5 heteroatoms. The SMILES string of the molecule is C1=C(c2ccc3nsnc3c2)CCC2(C1)OCCO2. The van der Waals surface area contributed by atoms with Gasteiger partial charge in [-0.25, -0.2) is 0 Å². The summed E-state index contributed by atoms with van der Waals surface area (Å²) in [5, 5.41) is 0. The van der Waals surface area contributed by atoms with Crippen molar-refractivity contribution in [1.82, 2.24) is 8.75 Å². The van der Waals surface area contributed by atoms with Crippen molar-refractivity contribution < 1.29 is 9.47 Å². The lowest BCUT2D eigenvalue weighted by atomic mass is 9.90. The Kier molecular flexibility index (Phi) is 2.65. The molecule has 0 amide bonds. The van der Waals surface area contributed by atoms with Gasteiger partial charge in [-0.2, -0.15) is 8.75 Å². The van der Waals surface area contributed by atoms with Gasteiger partial charge in [0, 0.05) is 12.8 Å². The van der Waals surface area contributed by atoms with Crippen LogP contribution in [0.5, 0.6) is 0 Å². The highest BCUT2D eigenvalue weighted by molar-refractivity contribution is 7.00. The molecule has 1 saturated heterocycles. The van der Waals surface area contributed by atoms with Crippen LogP contribution in [0.2, 0.25) is 0 Å². The first-order valence-corrected chi connectivity index (χ1v) is 7.27. The Bertz CT molecular complexity index is 644. The van der Waals surface area contributed by atoms with E-state index >= 15 is 0 Å². The second-order valence-electron chi connectivity index (χ2n) is 5.01. The Morgan fingerprint density at radius 1 is 1.11 bits per heavy atom. The number of fused-ring (bicyclic) bond motifs is 1. The normalized spacial score (nSPS) is 22.0. The minimum atomic E-state index is -0.338. The number of allylic oxidation sites excluding steroid dienone is 1. The topological polar surface area (TPSA) is 44.2 Å². The largest absolute Gasteiger partial charge is 0.347 e. The third kappa shape index (κ3) is 1.98. The molecule has 1 aliphatic carbocycles. The number of ether oxygens (including phenoxy) is 2. The summed E-state index contributed by atoms with van der Waals surface area (Å²) < 4.78 is 20.0. The first-order valence-electron chi connectivity index (χ1n) is 6.54. The molecule has 0 unspecified atom stereocenters. The van der Waals surface area contributed by atoms with E-state index in [0.29, 0.717) is 0 Å². The third-order valence-corrected chi connectivity index (χ3v) is 4.43. The molecule has 4 nitrogen and oxygen atoms in total. The van der Waals surface area contributed by atoms with E-state index in [1.54, 1.807) is 0 Å². The van der Waals surface area contributed by atoms with Crippen LogP contribution in [0, 0.1) is 0 Å². The molecule has 2 aliphatic rings. The van der Waals surface area contributed by atoms with Crippen LogP contribution in [-0.2, 0) is 9.47 Å². The van der Waals surface area contributed by atoms with Gasteiger partial charge in [-0.3, -0.25) is 0 Å². The third-order valence-electron chi connectivity index (χ3n) is 3.87. The molecule has 2 aromatic rings. The molecule has 0 saturated carbocycles. The fourth-order valence-electron chi connectivity index (χ4n) is 2.81. The highest BCUT2D eigenvalue weighted by Crippen LogP contribution is 2.38. The minimum Gasteiger partial charge on any atom is -0.347 e. The summed E-state index contributed by atoms with van der Waals surface area (Å²) in [4.78, 5) is 0. The number of nitrogens with zero attached hydrogens (tertiary/aromatic N) is 2. The van der Waals surface area contributed by atoms with E-state index in [4.69, 9.17) is 9.47 Å².